The van der Waals surface area contributed by atoms with Crippen molar-refractivity contribution in [2.45, 2.75) is 6.54 Å². The van der Waals surface area contributed by atoms with E-state index in [1.165, 1.54) is 0 Å². The molecule has 0 fully saturated rings. The highest BCUT2D eigenvalue weighted by Crippen LogP contribution is 2.17. The second-order valence-corrected chi connectivity index (χ2v) is 6.53. The minimum atomic E-state index is -0.0595. The van der Waals surface area contributed by atoms with Gasteiger partial charge in [-0.05, 0) is 42.0 Å². The van der Waals surface area contributed by atoms with E-state index in [0.717, 1.165) is 17.1 Å². The molecule has 0 aliphatic carbocycles. The van der Waals surface area contributed by atoms with Gasteiger partial charge in [0.1, 0.15) is 23.9 Å². The van der Waals surface area contributed by atoms with Crippen molar-refractivity contribution < 1.29 is 14.3 Å². The van der Waals surface area contributed by atoms with Gasteiger partial charge >= 0.3 is 0 Å². The number of ether oxygens (including phenoxy) is 2. The van der Waals surface area contributed by atoms with E-state index >= 15 is 0 Å². The van der Waals surface area contributed by atoms with E-state index in [9.17, 15) is 4.79 Å². The van der Waals surface area contributed by atoms with Gasteiger partial charge in [0.05, 0.1) is 19.2 Å². The molecule has 29 heavy (non-hydrogen) atoms. The van der Waals surface area contributed by atoms with E-state index in [0.29, 0.717) is 31.1 Å². The number of rotatable bonds is 9. The maximum atomic E-state index is 12.6. The summed E-state index contributed by atoms with van der Waals surface area (Å²) in [7, 11) is 3.42. The lowest BCUT2D eigenvalue weighted by molar-refractivity contribution is 0.0784. The molecule has 0 spiro atoms. The third kappa shape index (κ3) is 5.97. The van der Waals surface area contributed by atoms with Gasteiger partial charge in [0, 0.05) is 19.8 Å². The molecule has 0 bridgehead atoms. The Morgan fingerprint density at radius 2 is 1.72 bits per heavy atom. The van der Waals surface area contributed by atoms with Gasteiger partial charge in [-0.15, -0.1) is 0 Å². The Bertz CT molecular complexity index is 897. The number of aromatic nitrogens is 1. The highest BCUT2D eigenvalue weighted by molar-refractivity contribution is 5.93. The van der Waals surface area contributed by atoms with Gasteiger partial charge in [0.15, 0.2) is 0 Å². The van der Waals surface area contributed by atoms with Crippen molar-refractivity contribution >= 4 is 11.7 Å². The van der Waals surface area contributed by atoms with Crippen molar-refractivity contribution in [2.24, 2.45) is 0 Å². The van der Waals surface area contributed by atoms with Crippen LogP contribution in [-0.4, -0.2) is 43.1 Å². The summed E-state index contributed by atoms with van der Waals surface area (Å²) in [4.78, 5) is 18.6. The Labute approximate surface area is 171 Å². The van der Waals surface area contributed by atoms with Gasteiger partial charge in [-0.3, -0.25) is 4.79 Å². The molecule has 1 aromatic heterocycles. The first-order valence-corrected chi connectivity index (χ1v) is 9.42. The van der Waals surface area contributed by atoms with Crippen LogP contribution in [0.25, 0.3) is 0 Å². The van der Waals surface area contributed by atoms with Crippen molar-refractivity contribution in [1.29, 1.82) is 0 Å². The standard InChI is InChI=1S/C23H25N3O3/c1-26(17-18-6-4-3-5-7-18)23(27)19-8-13-22(25-16-19)24-14-15-29-21-11-9-20(28-2)10-12-21/h3-13,16H,14-15,17H2,1-2H3,(H,24,25). The SMILES string of the molecule is COc1ccc(OCCNc2ccc(C(=O)N(C)Cc3ccccc3)cn2)cc1. The Morgan fingerprint density at radius 1 is 1.00 bits per heavy atom. The zero-order chi connectivity index (χ0) is 20.5. The molecule has 0 unspecified atom stereocenters. The van der Waals surface area contributed by atoms with E-state index in [1.54, 1.807) is 37.4 Å². The molecular weight excluding hydrogens is 366 g/mol. The van der Waals surface area contributed by atoms with Gasteiger partial charge in [-0.25, -0.2) is 4.98 Å². The lowest BCUT2D eigenvalue weighted by atomic mass is 10.2. The van der Waals surface area contributed by atoms with Crippen molar-refractivity contribution in [3.63, 3.8) is 0 Å². The zero-order valence-electron chi connectivity index (χ0n) is 16.7. The summed E-state index contributed by atoms with van der Waals surface area (Å²) in [6, 6.07) is 20.9. The fourth-order valence-corrected chi connectivity index (χ4v) is 2.79. The minimum Gasteiger partial charge on any atom is -0.497 e. The average molecular weight is 391 g/mol. The maximum absolute atomic E-state index is 12.6. The molecule has 1 heterocycles. The molecule has 6 nitrogen and oxygen atoms in total. The van der Waals surface area contributed by atoms with Gasteiger partial charge in [-0.1, -0.05) is 30.3 Å². The smallest absolute Gasteiger partial charge is 0.255 e. The first kappa shape index (κ1) is 20.2. The summed E-state index contributed by atoms with van der Waals surface area (Å²) in [5.74, 6) is 2.22. The molecular formula is C23H25N3O3. The molecule has 0 radical (unpaired) electrons. The Balaban J connectivity index is 1.44. The lowest BCUT2D eigenvalue weighted by Crippen LogP contribution is -2.26. The second-order valence-electron chi connectivity index (χ2n) is 6.53. The Kier molecular flexibility index (Phi) is 7.05. The lowest BCUT2D eigenvalue weighted by Gasteiger charge is -2.17. The topological polar surface area (TPSA) is 63.7 Å². The predicted molar refractivity (Wildman–Crippen MR) is 113 cm³/mol. The number of methoxy groups -OCH3 is 1. The monoisotopic (exact) mass is 391 g/mol. The van der Waals surface area contributed by atoms with Crippen LogP contribution in [0.2, 0.25) is 0 Å². The normalized spacial score (nSPS) is 10.3. The van der Waals surface area contributed by atoms with Crippen LogP contribution in [0.3, 0.4) is 0 Å². The first-order chi connectivity index (χ1) is 14.2. The fourth-order valence-electron chi connectivity index (χ4n) is 2.79. The van der Waals surface area contributed by atoms with Crippen LogP contribution in [0.4, 0.5) is 5.82 Å². The molecule has 2 aromatic carbocycles. The largest absolute Gasteiger partial charge is 0.497 e. The summed E-state index contributed by atoms with van der Waals surface area (Å²) in [6.45, 7) is 1.65. The number of benzene rings is 2. The van der Waals surface area contributed by atoms with Gasteiger partial charge in [0.25, 0.3) is 5.91 Å². The molecule has 1 amide bonds. The minimum absolute atomic E-state index is 0.0595. The van der Waals surface area contributed by atoms with Crippen LogP contribution < -0.4 is 14.8 Å². The number of hydrogen-bond donors (Lipinski definition) is 1. The summed E-state index contributed by atoms with van der Waals surface area (Å²) < 4.78 is 10.8. The number of carbonyl (C=O) groups is 1. The number of nitrogens with one attached hydrogen (secondary N) is 1. The predicted octanol–water partition coefficient (Wildman–Crippen LogP) is 3.85. The molecule has 1 N–H and O–H groups in total. The summed E-state index contributed by atoms with van der Waals surface area (Å²) in [5, 5.41) is 3.19. The number of amides is 1. The number of anilines is 1. The summed E-state index contributed by atoms with van der Waals surface area (Å²) in [6.07, 6.45) is 1.59. The molecule has 3 rings (SSSR count). The van der Waals surface area contributed by atoms with Gasteiger partial charge in [0.2, 0.25) is 0 Å². The van der Waals surface area contributed by atoms with Crippen molar-refractivity contribution in [2.75, 3.05) is 32.6 Å². The second kappa shape index (κ2) is 10.1. The zero-order valence-corrected chi connectivity index (χ0v) is 16.7. The van der Waals surface area contributed by atoms with Crippen LogP contribution in [-0.2, 0) is 6.54 Å². The van der Waals surface area contributed by atoms with E-state index in [4.69, 9.17) is 9.47 Å². The number of carbonyl (C=O) groups excluding carboxylic acids is 1. The number of nitrogens with zero attached hydrogens (tertiary/aromatic N) is 2. The third-order valence-electron chi connectivity index (χ3n) is 4.36. The molecule has 0 saturated heterocycles. The van der Waals surface area contributed by atoms with Crippen LogP contribution in [0.5, 0.6) is 11.5 Å². The van der Waals surface area contributed by atoms with Gasteiger partial charge < -0.3 is 19.7 Å². The first-order valence-electron chi connectivity index (χ1n) is 9.42. The Morgan fingerprint density at radius 3 is 2.38 bits per heavy atom. The Hall–Kier alpha value is -3.54. The molecule has 0 aliphatic heterocycles. The van der Waals surface area contributed by atoms with Crippen LogP contribution in [0.1, 0.15) is 15.9 Å². The van der Waals surface area contributed by atoms with Crippen molar-refractivity contribution in [3.05, 3.63) is 84.1 Å². The van der Waals surface area contributed by atoms with Crippen LogP contribution in [0, 0.1) is 0 Å². The van der Waals surface area contributed by atoms with Crippen molar-refractivity contribution in [3.8, 4) is 11.5 Å². The van der Waals surface area contributed by atoms with E-state index in [1.807, 2.05) is 54.6 Å². The van der Waals surface area contributed by atoms with E-state index in [-0.39, 0.29) is 5.91 Å². The van der Waals surface area contributed by atoms with Crippen molar-refractivity contribution in [1.82, 2.24) is 9.88 Å². The highest BCUT2D eigenvalue weighted by atomic mass is 16.5. The van der Waals surface area contributed by atoms with E-state index in [2.05, 4.69) is 10.3 Å². The fraction of sp³-hybridized carbons (Fsp3) is 0.217. The van der Waals surface area contributed by atoms with E-state index < -0.39 is 0 Å². The quantitative estimate of drug-likeness (QED) is 0.561. The molecule has 0 saturated carbocycles. The highest BCUT2D eigenvalue weighted by Gasteiger charge is 2.12. The number of pyridine rings is 1. The third-order valence-corrected chi connectivity index (χ3v) is 4.36. The van der Waals surface area contributed by atoms with Crippen LogP contribution in [0.15, 0.2) is 72.9 Å². The van der Waals surface area contributed by atoms with Crippen LogP contribution >= 0.6 is 0 Å². The molecule has 6 heteroatoms. The average Bonchev–Trinajstić information content (AvgIpc) is 2.77. The molecule has 150 valence electrons. The molecule has 3 aromatic rings. The molecule has 0 aliphatic rings. The summed E-state index contributed by atoms with van der Waals surface area (Å²) in [5.41, 5.74) is 1.65. The molecule has 0 atom stereocenters. The maximum Gasteiger partial charge on any atom is 0.255 e. The summed E-state index contributed by atoms with van der Waals surface area (Å²) >= 11 is 0. The number of hydrogen-bond acceptors (Lipinski definition) is 5. The van der Waals surface area contributed by atoms with Gasteiger partial charge in [-0.2, -0.15) is 0 Å².